The van der Waals surface area contributed by atoms with E-state index in [4.69, 9.17) is 9.47 Å². The summed E-state index contributed by atoms with van der Waals surface area (Å²) in [5, 5.41) is 0.856. The van der Waals surface area contributed by atoms with Crippen molar-refractivity contribution in [1.82, 2.24) is 4.98 Å². The quantitative estimate of drug-likeness (QED) is 0.735. The van der Waals surface area contributed by atoms with Crippen molar-refractivity contribution >= 4 is 17.3 Å². The van der Waals surface area contributed by atoms with Crippen LogP contribution in [0.15, 0.2) is 0 Å². The third-order valence-electron chi connectivity index (χ3n) is 2.30. The fraction of sp³-hybridized carbons (Fsp3) is 0.667. The number of aryl methyl sites for hydroxylation is 1. The first-order chi connectivity index (χ1) is 8.13. The molecule has 0 aromatic carbocycles. The van der Waals surface area contributed by atoms with Gasteiger partial charge in [0.15, 0.2) is 5.69 Å². The Labute approximate surface area is 106 Å². The number of esters is 1. The highest BCUT2D eigenvalue weighted by Gasteiger charge is 2.20. The highest BCUT2D eigenvalue weighted by molar-refractivity contribution is 7.11. The maximum atomic E-state index is 11.6. The first-order valence-corrected chi connectivity index (χ1v) is 6.71. The molecule has 0 bridgehead atoms. The van der Waals surface area contributed by atoms with Gasteiger partial charge in [0.05, 0.1) is 6.61 Å². The molecule has 0 radical (unpaired) electrons. The molecule has 1 heterocycles. The number of hydrogen-bond donors (Lipinski definition) is 0. The van der Waals surface area contributed by atoms with Gasteiger partial charge >= 0.3 is 5.97 Å². The summed E-state index contributed by atoms with van der Waals surface area (Å²) in [5.41, 5.74) is 0.421. The molecule has 0 saturated heterocycles. The van der Waals surface area contributed by atoms with E-state index in [2.05, 4.69) is 4.98 Å². The lowest BCUT2D eigenvalue weighted by molar-refractivity contribution is 0.0510. The monoisotopic (exact) mass is 257 g/mol. The number of carbonyl (C=O) groups is 1. The zero-order valence-electron chi connectivity index (χ0n) is 10.8. The van der Waals surface area contributed by atoms with Crippen molar-refractivity contribution in [1.29, 1.82) is 0 Å². The summed E-state index contributed by atoms with van der Waals surface area (Å²) in [7, 11) is 0. The highest BCUT2D eigenvalue weighted by Crippen LogP contribution is 2.28. The molecule has 0 saturated carbocycles. The molecule has 0 N–H and O–H groups in total. The molecule has 1 aromatic heterocycles. The minimum absolute atomic E-state index is 0.0214. The van der Waals surface area contributed by atoms with Gasteiger partial charge < -0.3 is 9.47 Å². The summed E-state index contributed by atoms with van der Waals surface area (Å²) < 4.78 is 10.5. The fourth-order valence-corrected chi connectivity index (χ4v) is 2.55. The van der Waals surface area contributed by atoms with E-state index in [0.29, 0.717) is 18.9 Å². The van der Waals surface area contributed by atoms with E-state index in [1.165, 1.54) is 11.3 Å². The fourth-order valence-electron chi connectivity index (χ4n) is 1.51. The highest BCUT2D eigenvalue weighted by atomic mass is 32.1. The first-order valence-electron chi connectivity index (χ1n) is 5.90. The summed E-state index contributed by atoms with van der Waals surface area (Å²) in [4.78, 5) is 16.9. The van der Waals surface area contributed by atoms with E-state index in [-0.39, 0.29) is 12.1 Å². The van der Waals surface area contributed by atoms with E-state index in [1.807, 2.05) is 20.8 Å². The number of nitrogens with zero attached hydrogens (tertiary/aromatic N) is 1. The zero-order chi connectivity index (χ0) is 12.8. The van der Waals surface area contributed by atoms with Crippen molar-refractivity contribution < 1.29 is 14.3 Å². The molecule has 1 atom stereocenters. The first kappa shape index (κ1) is 14.1. The molecule has 0 fully saturated rings. The molecule has 0 aliphatic rings. The van der Waals surface area contributed by atoms with Gasteiger partial charge in [-0.2, -0.15) is 0 Å². The second-order valence-corrected chi connectivity index (χ2v) is 4.76. The van der Waals surface area contributed by atoms with Gasteiger partial charge in [-0.15, -0.1) is 11.3 Å². The zero-order valence-corrected chi connectivity index (χ0v) is 11.6. The van der Waals surface area contributed by atoms with Gasteiger partial charge in [0.1, 0.15) is 11.1 Å². The van der Waals surface area contributed by atoms with E-state index in [9.17, 15) is 4.79 Å². The lowest BCUT2D eigenvalue weighted by Gasteiger charge is -2.10. The summed E-state index contributed by atoms with van der Waals surface area (Å²) in [5.74, 6) is -0.348. The minimum atomic E-state index is -0.348. The van der Waals surface area contributed by atoms with Crippen LogP contribution in [0.3, 0.4) is 0 Å². The standard InChI is InChI=1S/C12H19NO3S/c1-5-9(15-6-2)11-13-10(8(4)17-11)12(14)16-7-3/h9H,5-7H2,1-4H3. The van der Waals surface area contributed by atoms with Crippen molar-refractivity contribution in [3.63, 3.8) is 0 Å². The normalized spacial score (nSPS) is 12.5. The number of ether oxygens (including phenoxy) is 2. The predicted molar refractivity (Wildman–Crippen MR) is 67.5 cm³/mol. The van der Waals surface area contributed by atoms with Crippen LogP contribution >= 0.6 is 11.3 Å². The molecule has 0 aliphatic heterocycles. The van der Waals surface area contributed by atoms with E-state index >= 15 is 0 Å². The Kier molecular flexibility index (Phi) is 5.58. The summed E-state index contributed by atoms with van der Waals surface area (Å²) in [6.45, 7) is 8.68. The largest absolute Gasteiger partial charge is 0.461 e. The molecule has 5 heteroatoms. The van der Waals surface area contributed by atoms with Gasteiger partial charge in [-0.25, -0.2) is 9.78 Å². The van der Waals surface area contributed by atoms with E-state index in [1.54, 1.807) is 6.92 Å². The van der Waals surface area contributed by atoms with Gasteiger partial charge in [0, 0.05) is 11.5 Å². The van der Waals surface area contributed by atoms with Gasteiger partial charge in [-0.05, 0) is 27.2 Å². The van der Waals surface area contributed by atoms with Crippen LogP contribution in [-0.2, 0) is 9.47 Å². The molecule has 0 amide bonds. The van der Waals surface area contributed by atoms with Crippen LogP contribution in [0.25, 0.3) is 0 Å². The smallest absolute Gasteiger partial charge is 0.358 e. The van der Waals surface area contributed by atoms with E-state index in [0.717, 1.165) is 16.3 Å². The van der Waals surface area contributed by atoms with Crippen LogP contribution in [-0.4, -0.2) is 24.2 Å². The summed E-state index contributed by atoms with van der Waals surface area (Å²) in [6.07, 6.45) is 0.829. The van der Waals surface area contributed by atoms with Gasteiger partial charge in [-0.1, -0.05) is 6.92 Å². The molecule has 1 unspecified atom stereocenters. The third-order valence-corrected chi connectivity index (χ3v) is 3.36. The van der Waals surface area contributed by atoms with Crippen LogP contribution in [0.2, 0.25) is 0 Å². The molecule has 17 heavy (non-hydrogen) atoms. The topological polar surface area (TPSA) is 48.4 Å². The molecule has 1 aromatic rings. The maximum Gasteiger partial charge on any atom is 0.358 e. The van der Waals surface area contributed by atoms with E-state index < -0.39 is 0 Å². The average molecular weight is 257 g/mol. The molecular formula is C12H19NO3S. The maximum absolute atomic E-state index is 11.6. The van der Waals surface area contributed by atoms with Crippen molar-refractivity contribution in [2.24, 2.45) is 0 Å². The number of thiazole rings is 1. The Balaban J connectivity index is 2.90. The number of rotatable bonds is 6. The number of hydrogen-bond acceptors (Lipinski definition) is 5. The molecule has 0 spiro atoms. The van der Waals surface area contributed by atoms with Crippen molar-refractivity contribution in [2.45, 2.75) is 40.2 Å². The Morgan fingerprint density at radius 1 is 1.35 bits per heavy atom. The van der Waals surface area contributed by atoms with Gasteiger partial charge in [-0.3, -0.25) is 0 Å². The second-order valence-electron chi connectivity index (χ2n) is 3.53. The van der Waals surface area contributed by atoms with Crippen molar-refractivity contribution in [3.8, 4) is 0 Å². The predicted octanol–water partition coefficient (Wildman–Crippen LogP) is 3.12. The third kappa shape index (κ3) is 3.51. The lowest BCUT2D eigenvalue weighted by atomic mass is 10.3. The van der Waals surface area contributed by atoms with Crippen molar-refractivity contribution in [3.05, 3.63) is 15.6 Å². The average Bonchev–Trinajstić information content (AvgIpc) is 2.68. The number of aromatic nitrogens is 1. The molecule has 1 rings (SSSR count). The second kappa shape index (κ2) is 6.71. The minimum Gasteiger partial charge on any atom is -0.461 e. The van der Waals surface area contributed by atoms with Crippen LogP contribution in [0.5, 0.6) is 0 Å². The molecule has 96 valence electrons. The van der Waals surface area contributed by atoms with Crippen LogP contribution in [0, 0.1) is 6.92 Å². The summed E-state index contributed by atoms with van der Waals surface area (Å²) in [6, 6.07) is 0. The lowest BCUT2D eigenvalue weighted by Crippen LogP contribution is -2.08. The van der Waals surface area contributed by atoms with Gasteiger partial charge in [0.25, 0.3) is 0 Å². The van der Waals surface area contributed by atoms with Crippen LogP contribution in [0.1, 0.15) is 53.7 Å². The number of carbonyl (C=O) groups excluding carboxylic acids is 1. The SMILES string of the molecule is CCOC(=O)c1nc(C(CC)OCC)sc1C. The van der Waals surface area contributed by atoms with Crippen molar-refractivity contribution in [2.75, 3.05) is 13.2 Å². The molecule has 0 aliphatic carbocycles. The van der Waals surface area contributed by atoms with Gasteiger partial charge in [0.2, 0.25) is 0 Å². The Morgan fingerprint density at radius 2 is 2.06 bits per heavy atom. The van der Waals surface area contributed by atoms with Crippen LogP contribution < -0.4 is 0 Å². The summed E-state index contributed by atoms with van der Waals surface area (Å²) >= 11 is 1.50. The Hall–Kier alpha value is -0.940. The molecular weight excluding hydrogens is 238 g/mol. The van der Waals surface area contributed by atoms with Crippen LogP contribution in [0.4, 0.5) is 0 Å². The Bertz CT molecular complexity index is 376. The Morgan fingerprint density at radius 3 is 2.59 bits per heavy atom. The molecule has 4 nitrogen and oxygen atoms in total.